The number of rotatable bonds is 3. The first-order chi connectivity index (χ1) is 13.4. The number of aliphatic hydroxyl groups excluding tert-OH is 3. The Hall–Kier alpha value is -3.19. The van der Waals surface area contributed by atoms with Crippen molar-refractivity contribution in [2.24, 2.45) is 5.73 Å². The Bertz CT molecular complexity index is 965. The van der Waals surface area contributed by atoms with Crippen LogP contribution >= 0.6 is 0 Å². The summed E-state index contributed by atoms with van der Waals surface area (Å²) in [5.74, 6) is -0.210. The number of imidazole rings is 1. The van der Waals surface area contributed by atoms with Crippen LogP contribution in [0.2, 0.25) is 0 Å². The monoisotopic (exact) mass is 389 g/mol. The summed E-state index contributed by atoms with van der Waals surface area (Å²) in [6.07, 6.45) is 1.56. The number of nitrogens with zero attached hydrogens (tertiary/aromatic N) is 4. The minimum Gasteiger partial charge on any atom is -0.394 e. The quantitative estimate of drug-likeness (QED) is 0.298. The molecule has 1 amide bonds. The number of primary amides is 1. The fraction of sp³-hybridized carbons (Fsp3) is 0.312. The molecular weight excluding hydrogens is 370 g/mol. The molecule has 3 aromatic rings. The van der Waals surface area contributed by atoms with E-state index in [1.165, 1.54) is 31.1 Å². The summed E-state index contributed by atoms with van der Waals surface area (Å²) in [5, 5.41) is 28.4. The number of carbonyl (C=O) groups excluding carboxylic acids is 1. The van der Waals surface area contributed by atoms with Crippen molar-refractivity contribution in [3.63, 3.8) is 0 Å². The minimum absolute atomic E-state index is 0.185. The molecular formula is C16H19N7O5. The van der Waals surface area contributed by atoms with Crippen LogP contribution in [0.3, 0.4) is 0 Å². The van der Waals surface area contributed by atoms with E-state index in [4.69, 9.17) is 21.3 Å². The number of carbonyl (C=O) groups is 1. The van der Waals surface area contributed by atoms with Gasteiger partial charge in [0.25, 0.3) is 0 Å². The molecule has 1 aliphatic rings. The first kappa shape index (κ1) is 19.6. The van der Waals surface area contributed by atoms with Crippen molar-refractivity contribution in [2.45, 2.75) is 24.4 Å². The van der Waals surface area contributed by atoms with Crippen LogP contribution in [-0.2, 0) is 4.74 Å². The van der Waals surface area contributed by atoms with Gasteiger partial charge in [-0.05, 0) is 6.07 Å². The molecule has 148 valence electrons. The molecule has 4 rings (SSSR count). The zero-order chi connectivity index (χ0) is 20.3. The molecule has 0 radical (unpaired) electrons. The van der Waals surface area contributed by atoms with E-state index in [1.807, 2.05) is 0 Å². The van der Waals surface area contributed by atoms with Crippen molar-refractivity contribution < 1.29 is 24.9 Å². The molecule has 1 aliphatic heterocycles. The molecule has 0 aromatic carbocycles. The van der Waals surface area contributed by atoms with Gasteiger partial charge in [-0.3, -0.25) is 9.78 Å². The highest BCUT2D eigenvalue weighted by atomic mass is 16.6. The molecule has 0 bridgehead atoms. The van der Waals surface area contributed by atoms with E-state index < -0.39 is 36.9 Å². The maximum Gasteiger partial charge on any atom is 0.250 e. The topological polar surface area (TPSA) is 206 Å². The van der Waals surface area contributed by atoms with Crippen molar-refractivity contribution in [3.8, 4) is 0 Å². The Labute approximate surface area is 158 Å². The first-order valence-electron chi connectivity index (χ1n) is 8.19. The van der Waals surface area contributed by atoms with E-state index >= 15 is 0 Å². The lowest BCUT2D eigenvalue weighted by Gasteiger charge is -2.14. The number of hydrogen-bond acceptors (Lipinski definition) is 10. The number of hydrogen-bond donors (Lipinski definition) is 6. The van der Waals surface area contributed by atoms with Crippen LogP contribution in [0.1, 0.15) is 22.0 Å². The fourth-order valence-corrected chi connectivity index (χ4v) is 2.71. The van der Waals surface area contributed by atoms with Gasteiger partial charge in [0.15, 0.2) is 11.5 Å². The standard InChI is InChI=1S/C11H14N2O5.C5H5N5/c12-11(17)6-1-5(2-13-3-6)10-9(16)8(15)7(4-14)18-10;6-4-3-5(9-1-7-3)10-2-8-4/h1-3,7-10,14-16H,4H2,(H2,12,17);1-2H,(H3,6,7,8,9,10)/t7-,8-,9-,10+;/m1./s1. The normalized spacial score (nSPS) is 24.0. The largest absolute Gasteiger partial charge is 0.394 e. The van der Waals surface area contributed by atoms with E-state index in [9.17, 15) is 15.0 Å². The molecule has 4 heterocycles. The summed E-state index contributed by atoms with van der Waals surface area (Å²) in [7, 11) is 0. The van der Waals surface area contributed by atoms with E-state index in [0.29, 0.717) is 22.5 Å². The number of fused-ring (bicyclic) bond motifs is 1. The third-order valence-corrected chi connectivity index (χ3v) is 4.17. The van der Waals surface area contributed by atoms with Crippen LogP contribution in [0.5, 0.6) is 0 Å². The van der Waals surface area contributed by atoms with Crippen molar-refractivity contribution in [3.05, 3.63) is 42.2 Å². The van der Waals surface area contributed by atoms with Gasteiger partial charge in [-0.25, -0.2) is 15.0 Å². The SMILES string of the molecule is NC(=O)c1cncc([C@@H]2O[C@H](CO)[C@@H](O)[C@H]2O)c1.Nc1ncnc2nc[nH]c12. The van der Waals surface area contributed by atoms with Crippen molar-refractivity contribution in [1.29, 1.82) is 0 Å². The summed E-state index contributed by atoms with van der Waals surface area (Å²) in [6, 6.07) is 1.44. The van der Waals surface area contributed by atoms with Gasteiger partial charge < -0.3 is 36.5 Å². The Morgan fingerprint density at radius 1 is 1.21 bits per heavy atom. The van der Waals surface area contributed by atoms with E-state index in [1.54, 1.807) is 0 Å². The van der Waals surface area contributed by atoms with Crippen molar-refractivity contribution in [1.82, 2.24) is 24.9 Å². The van der Waals surface area contributed by atoms with Gasteiger partial charge in [-0.2, -0.15) is 0 Å². The molecule has 0 saturated carbocycles. The number of ether oxygens (including phenoxy) is 1. The van der Waals surface area contributed by atoms with Crippen LogP contribution in [0, 0.1) is 0 Å². The number of nitrogens with one attached hydrogen (secondary N) is 1. The molecule has 0 aliphatic carbocycles. The van der Waals surface area contributed by atoms with Crippen molar-refractivity contribution in [2.75, 3.05) is 12.3 Å². The predicted molar refractivity (Wildman–Crippen MR) is 95.6 cm³/mol. The molecule has 1 saturated heterocycles. The number of aromatic amines is 1. The maximum absolute atomic E-state index is 11.0. The molecule has 12 nitrogen and oxygen atoms in total. The number of nitrogens with two attached hydrogens (primary N) is 2. The molecule has 4 atom stereocenters. The molecule has 0 spiro atoms. The predicted octanol–water partition coefficient (Wildman–Crippen LogP) is -1.73. The summed E-state index contributed by atoms with van der Waals surface area (Å²) in [6.45, 7) is -0.405. The molecule has 12 heteroatoms. The molecule has 3 aromatic heterocycles. The van der Waals surface area contributed by atoms with Crippen LogP contribution < -0.4 is 11.5 Å². The minimum atomic E-state index is -1.19. The highest BCUT2D eigenvalue weighted by Crippen LogP contribution is 2.33. The van der Waals surface area contributed by atoms with Gasteiger partial charge >= 0.3 is 0 Å². The second-order valence-electron chi connectivity index (χ2n) is 5.99. The number of aromatic nitrogens is 5. The summed E-state index contributed by atoms with van der Waals surface area (Å²) < 4.78 is 5.31. The van der Waals surface area contributed by atoms with Gasteiger partial charge in [0.1, 0.15) is 36.3 Å². The van der Waals surface area contributed by atoms with Crippen molar-refractivity contribution >= 4 is 22.9 Å². The average molecular weight is 389 g/mol. The number of amides is 1. The van der Waals surface area contributed by atoms with Crippen LogP contribution in [0.15, 0.2) is 31.1 Å². The number of aliphatic hydroxyl groups is 3. The Kier molecular flexibility index (Phi) is 5.75. The number of anilines is 1. The molecule has 28 heavy (non-hydrogen) atoms. The number of H-pyrrole nitrogens is 1. The number of nitrogen functional groups attached to an aromatic ring is 1. The Morgan fingerprint density at radius 2 is 2.00 bits per heavy atom. The van der Waals surface area contributed by atoms with Crippen LogP contribution in [-0.4, -0.2) is 71.1 Å². The molecule has 0 unspecified atom stereocenters. The molecule has 8 N–H and O–H groups in total. The van der Waals surface area contributed by atoms with Gasteiger partial charge in [0.05, 0.1) is 18.5 Å². The molecule has 1 fully saturated rings. The summed E-state index contributed by atoms with van der Waals surface area (Å²) in [5.41, 5.74) is 12.5. The zero-order valence-corrected chi connectivity index (χ0v) is 14.5. The number of pyridine rings is 1. The fourth-order valence-electron chi connectivity index (χ4n) is 2.71. The summed E-state index contributed by atoms with van der Waals surface area (Å²) in [4.78, 5) is 29.2. The summed E-state index contributed by atoms with van der Waals surface area (Å²) >= 11 is 0. The average Bonchev–Trinajstić information content (AvgIpc) is 3.29. The maximum atomic E-state index is 11.0. The third-order valence-electron chi connectivity index (χ3n) is 4.17. The van der Waals surface area contributed by atoms with E-state index in [0.717, 1.165) is 0 Å². The van der Waals surface area contributed by atoms with Gasteiger partial charge in [-0.15, -0.1) is 0 Å². The first-order valence-corrected chi connectivity index (χ1v) is 8.19. The second kappa shape index (κ2) is 8.22. The van der Waals surface area contributed by atoms with E-state index in [-0.39, 0.29) is 5.56 Å². The van der Waals surface area contributed by atoms with Gasteiger partial charge in [-0.1, -0.05) is 0 Å². The van der Waals surface area contributed by atoms with Gasteiger partial charge in [0, 0.05) is 18.0 Å². The second-order valence-corrected chi connectivity index (χ2v) is 5.99. The lowest BCUT2D eigenvalue weighted by molar-refractivity contribution is -0.0228. The smallest absolute Gasteiger partial charge is 0.250 e. The Morgan fingerprint density at radius 3 is 2.64 bits per heavy atom. The third kappa shape index (κ3) is 3.89. The lowest BCUT2D eigenvalue weighted by atomic mass is 10.0. The van der Waals surface area contributed by atoms with E-state index in [2.05, 4.69) is 24.9 Å². The van der Waals surface area contributed by atoms with Crippen LogP contribution in [0.4, 0.5) is 5.82 Å². The zero-order valence-electron chi connectivity index (χ0n) is 14.5. The van der Waals surface area contributed by atoms with Crippen LogP contribution in [0.25, 0.3) is 11.2 Å². The Balaban J connectivity index is 0.000000188. The lowest BCUT2D eigenvalue weighted by Crippen LogP contribution is -2.32. The van der Waals surface area contributed by atoms with Gasteiger partial charge in [0.2, 0.25) is 5.91 Å². The highest BCUT2D eigenvalue weighted by Gasteiger charge is 2.43. The highest BCUT2D eigenvalue weighted by molar-refractivity contribution is 5.92.